The first kappa shape index (κ1) is 20.2. The van der Waals surface area contributed by atoms with Gasteiger partial charge in [0.25, 0.3) is 0 Å². The van der Waals surface area contributed by atoms with E-state index in [2.05, 4.69) is 26.2 Å². The van der Waals surface area contributed by atoms with Crippen molar-refractivity contribution >= 4 is 17.3 Å². The summed E-state index contributed by atoms with van der Waals surface area (Å²) in [6.45, 7) is 6.40. The normalized spacial score (nSPS) is 12.8. The van der Waals surface area contributed by atoms with Crippen molar-refractivity contribution in [1.29, 1.82) is 0 Å². The third-order valence-corrected chi connectivity index (χ3v) is 5.88. The minimum absolute atomic E-state index is 0.0228. The maximum atomic E-state index is 11.9. The number of thiazole rings is 1. The summed E-state index contributed by atoms with van der Waals surface area (Å²) >= 11 is 1.56. The number of nitrogens with zero attached hydrogens (tertiary/aromatic N) is 1. The molecule has 1 aliphatic heterocycles. The van der Waals surface area contributed by atoms with Gasteiger partial charge in [-0.2, -0.15) is 0 Å². The van der Waals surface area contributed by atoms with Crippen molar-refractivity contribution in [1.82, 2.24) is 4.98 Å². The summed E-state index contributed by atoms with van der Waals surface area (Å²) in [5, 5.41) is 12.6. The summed E-state index contributed by atoms with van der Waals surface area (Å²) in [6.07, 6.45) is 3.25. The van der Waals surface area contributed by atoms with Crippen LogP contribution in [-0.4, -0.2) is 22.7 Å². The second kappa shape index (κ2) is 7.95. The zero-order valence-electron chi connectivity index (χ0n) is 17.1. The third kappa shape index (κ3) is 3.96. The molecule has 0 bridgehead atoms. The van der Waals surface area contributed by atoms with Gasteiger partial charge in [-0.3, -0.25) is 4.79 Å². The Bertz CT molecular complexity index is 1120. The first-order valence-corrected chi connectivity index (χ1v) is 10.6. The number of carbonyl (C=O) groups is 1. The average molecular weight is 422 g/mol. The molecule has 2 aliphatic rings. The van der Waals surface area contributed by atoms with Crippen molar-refractivity contribution in [3.63, 3.8) is 0 Å². The largest absolute Gasteiger partial charge is 0.491 e. The van der Waals surface area contributed by atoms with E-state index in [9.17, 15) is 9.90 Å². The Morgan fingerprint density at radius 3 is 2.63 bits per heavy atom. The molecular weight excluding hydrogens is 398 g/mol. The molecule has 0 saturated heterocycles. The van der Waals surface area contributed by atoms with Gasteiger partial charge in [-0.05, 0) is 17.7 Å². The molecule has 4 rings (SSSR count). The Morgan fingerprint density at radius 2 is 1.97 bits per heavy atom. The number of aliphatic carboxylic acids is 1. The van der Waals surface area contributed by atoms with Gasteiger partial charge in [-0.1, -0.05) is 51.1 Å². The van der Waals surface area contributed by atoms with Crippen molar-refractivity contribution in [2.75, 3.05) is 6.61 Å². The van der Waals surface area contributed by atoms with E-state index in [4.69, 9.17) is 14.1 Å². The Balaban J connectivity index is 1.71. The first-order chi connectivity index (χ1) is 14.3. The maximum absolute atomic E-state index is 11.9. The Morgan fingerprint density at radius 1 is 1.20 bits per heavy atom. The summed E-state index contributed by atoms with van der Waals surface area (Å²) in [6, 6.07) is 13.0. The number of aromatic nitrogens is 1. The molecule has 0 radical (unpaired) electrons. The molecule has 1 atom stereocenters. The molecule has 1 aromatic carbocycles. The lowest BCUT2D eigenvalue weighted by molar-refractivity contribution is -0.139. The van der Waals surface area contributed by atoms with E-state index in [1.807, 2.05) is 42.5 Å². The van der Waals surface area contributed by atoms with Crippen LogP contribution in [0.15, 0.2) is 64.8 Å². The molecule has 154 valence electrons. The van der Waals surface area contributed by atoms with Crippen LogP contribution in [0.25, 0.3) is 21.7 Å². The number of carboxylic acids is 1. The van der Waals surface area contributed by atoms with Gasteiger partial charge in [0.05, 0.1) is 23.8 Å². The number of fused-ring (bicyclic) bond motifs is 1. The topological polar surface area (TPSA) is 72.6 Å². The van der Waals surface area contributed by atoms with Gasteiger partial charge >= 0.3 is 5.97 Å². The van der Waals surface area contributed by atoms with E-state index in [0.29, 0.717) is 11.3 Å². The Hall–Kier alpha value is -3.12. The highest BCUT2D eigenvalue weighted by atomic mass is 32.1. The molecule has 0 spiro atoms. The number of hydrogen-bond acceptors (Lipinski definition) is 5. The molecule has 1 aliphatic carbocycles. The lowest BCUT2D eigenvalue weighted by Gasteiger charge is -2.16. The smallest absolute Gasteiger partial charge is 0.314 e. The molecule has 1 unspecified atom stereocenters. The van der Waals surface area contributed by atoms with Crippen molar-refractivity contribution in [2.24, 2.45) is 0 Å². The zero-order chi connectivity index (χ0) is 21.3. The highest BCUT2D eigenvalue weighted by molar-refractivity contribution is 7.13. The summed E-state index contributed by atoms with van der Waals surface area (Å²) < 4.78 is 11.5. The van der Waals surface area contributed by atoms with E-state index >= 15 is 0 Å². The lowest BCUT2D eigenvalue weighted by Crippen LogP contribution is -2.19. The molecule has 30 heavy (non-hydrogen) atoms. The molecule has 0 saturated carbocycles. The van der Waals surface area contributed by atoms with Crippen molar-refractivity contribution < 1.29 is 19.1 Å². The minimum atomic E-state index is -0.919. The number of benzene rings is 1. The average Bonchev–Trinajstić information content (AvgIpc) is 3.34. The van der Waals surface area contributed by atoms with Crippen molar-refractivity contribution in [3.05, 3.63) is 71.6 Å². The van der Waals surface area contributed by atoms with E-state index in [0.717, 1.165) is 27.4 Å². The van der Waals surface area contributed by atoms with Crippen LogP contribution in [0.3, 0.4) is 0 Å². The quantitative estimate of drug-likeness (QED) is 0.410. The van der Waals surface area contributed by atoms with Crippen molar-refractivity contribution in [2.45, 2.75) is 32.1 Å². The second-order valence-corrected chi connectivity index (χ2v) is 9.07. The van der Waals surface area contributed by atoms with Crippen LogP contribution in [0.2, 0.25) is 0 Å². The summed E-state index contributed by atoms with van der Waals surface area (Å²) in [5.41, 5.74) is 4.28. The van der Waals surface area contributed by atoms with Gasteiger partial charge in [0.15, 0.2) is 0 Å². The van der Waals surface area contributed by atoms with Crippen LogP contribution in [0.4, 0.5) is 0 Å². The Kier molecular flexibility index (Phi) is 5.35. The number of hydrogen-bond donors (Lipinski definition) is 1. The number of rotatable bonds is 6. The van der Waals surface area contributed by atoms with Crippen LogP contribution >= 0.6 is 11.3 Å². The number of carboxylic acid groups (broad SMARTS) is 1. The predicted octanol–water partition coefficient (Wildman–Crippen LogP) is 6.05. The molecule has 2 aromatic rings. The number of ether oxygens (including phenoxy) is 1. The van der Waals surface area contributed by atoms with E-state index in [-0.39, 0.29) is 12.0 Å². The van der Waals surface area contributed by atoms with E-state index in [1.54, 1.807) is 23.9 Å². The molecule has 0 fully saturated rings. The molecule has 6 heteroatoms. The lowest BCUT2D eigenvalue weighted by atomic mass is 9.93. The summed E-state index contributed by atoms with van der Waals surface area (Å²) in [4.78, 5) is 16.7. The third-order valence-electron chi connectivity index (χ3n) is 5.01. The van der Waals surface area contributed by atoms with Crippen LogP contribution in [0.1, 0.15) is 37.9 Å². The van der Waals surface area contributed by atoms with Gasteiger partial charge in [0, 0.05) is 21.9 Å². The summed E-state index contributed by atoms with van der Waals surface area (Å²) in [7, 11) is 0. The zero-order valence-corrected chi connectivity index (χ0v) is 17.9. The van der Waals surface area contributed by atoms with Crippen LogP contribution in [0, 0.1) is 0 Å². The molecule has 2 heterocycles. The van der Waals surface area contributed by atoms with Gasteiger partial charge in [0.2, 0.25) is 0 Å². The molecule has 1 aromatic heterocycles. The molecular formula is C24H23NO4S. The van der Waals surface area contributed by atoms with Gasteiger partial charge < -0.3 is 14.3 Å². The van der Waals surface area contributed by atoms with E-state index in [1.165, 1.54) is 0 Å². The van der Waals surface area contributed by atoms with E-state index < -0.39 is 11.9 Å². The highest BCUT2D eigenvalue weighted by Gasteiger charge is 2.26. The standard InChI is InChI=1S/C24H23NO4S/c1-24(2,3)20-14-30-22(25-20)18-11-16-12-28-10-9-17(16)21(18)29-13-19(23(26)27)15-7-5-4-6-8-15/h4-12,14,19H,13H2,1-3H3,(H,26,27). The van der Waals surface area contributed by atoms with Gasteiger partial charge in [-0.25, -0.2) is 4.98 Å². The fraction of sp³-hybridized carbons (Fsp3) is 0.250. The first-order valence-electron chi connectivity index (χ1n) is 9.70. The molecule has 1 N–H and O–H groups in total. The van der Waals surface area contributed by atoms with Crippen LogP contribution < -0.4 is 4.74 Å². The van der Waals surface area contributed by atoms with Gasteiger partial charge in [-0.15, -0.1) is 11.3 Å². The Labute approximate surface area is 179 Å². The molecule has 0 amide bonds. The SMILES string of the molecule is CC(C)(C)c1csc(-c2cc3coccc-3c2OCC(C(=O)O)c2ccccc2)n1. The highest BCUT2D eigenvalue weighted by Crippen LogP contribution is 2.45. The van der Waals surface area contributed by atoms with Crippen LogP contribution in [0.5, 0.6) is 5.75 Å². The fourth-order valence-electron chi connectivity index (χ4n) is 3.28. The second-order valence-electron chi connectivity index (χ2n) is 8.21. The monoisotopic (exact) mass is 421 g/mol. The predicted molar refractivity (Wildman–Crippen MR) is 117 cm³/mol. The molecule has 5 nitrogen and oxygen atoms in total. The minimum Gasteiger partial charge on any atom is -0.491 e. The van der Waals surface area contributed by atoms with Gasteiger partial charge in [0.1, 0.15) is 23.3 Å². The summed E-state index contributed by atoms with van der Waals surface area (Å²) in [5.74, 6) is -1.05. The van der Waals surface area contributed by atoms with Crippen LogP contribution in [-0.2, 0) is 10.2 Å². The fourth-order valence-corrected chi connectivity index (χ4v) is 4.34. The van der Waals surface area contributed by atoms with Crippen molar-refractivity contribution in [3.8, 4) is 27.4 Å². The maximum Gasteiger partial charge on any atom is 0.314 e.